The minimum atomic E-state index is -0.166. The van der Waals surface area contributed by atoms with Crippen LogP contribution in [0, 0.1) is 6.92 Å². The summed E-state index contributed by atoms with van der Waals surface area (Å²) in [6, 6.07) is 5.57. The van der Waals surface area contributed by atoms with E-state index in [9.17, 15) is 4.79 Å². The molecule has 2 N–H and O–H groups in total. The Morgan fingerprint density at radius 1 is 1.47 bits per heavy atom. The van der Waals surface area contributed by atoms with Crippen molar-refractivity contribution in [2.24, 2.45) is 0 Å². The van der Waals surface area contributed by atoms with Gasteiger partial charge >= 0.3 is 6.03 Å². The van der Waals surface area contributed by atoms with Crippen LogP contribution in [0.25, 0.3) is 0 Å². The van der Waals surface area contributed by atoms with Crippen LogP contribution in [-0.2, 0) is 0 Å². The Bertz CT molecular complexity index is 464. The molecule has 1 aliphatic rings. The molecule has 0 unspecified atom stereocenters. The first-order valence-electron chi connectivity index (χ1n) is 6.57. The maximum atomic E-state index is 11.9. The predicted molar refractivity (Wildman–Crippen MR) is 78.9 cm³/mol. The number of likely N-dealkylation sites (N-methyl/N-ethyl adjacent to an activating group) is 1. The van der Waals surface area contributed by atoms with Crippen LogP contribution in [0.15, 0.2) is 18.2 Å². The number of urea groups is 1. The van der Waals surface area contributed by atoms with E-state index in [1.807, 2.05) is 19.1 Å². The summed E-state index contributed by atoms with van der Waals surface area (Å²) in [5.41, 5.74) is 1.72. The Kier molecular flexibility index (Phi) is 4.66. The van der Waals surface area contributed by atoms with Gasteiger partial charge in [-0.1, -0.05) is 17.7 Å². The molecule has 1 atom stereocenters. The van der Waals surface area contributed by atoms with Gasteiger partial charge in [-0.3, -0.25) is 0 Å². The van der Waals surface area contributed by atoms with E-state index in [2.05, 4.69) is 22.6 Å². The first-order valence-corrected chi connectivity index (χ1v) is 6.94. The number of likely N-dealkylation sites (tertiary alicyclic amines) is 1. The smallest absolute Gasteiger partial charge is 0.319 e. The summed E-state index contributed by atoms with van der Waals surface area (Å²) in [5, 5.41) is 6.48. The molecule has 0 saturated carbocycles. The molecule has 1 aromatic rings. The molecular weight excluding hydrogens is 262 g/mol. The van der Waals surface area contributed by atoms with Crippen molar-refractivity contribution in [3.05, 3.63) is 28.8 Å². The molecule has 5 heteroatoms. The largest absolute Gasteiger partial charge is 0.334 e. The van der Waals surface area contributed by atoms with Gasteiger partial charge in [-0.05, 0) is 51.1 Å². The molecule has 1 aromatic carbocycles. The standard InChI is InChI=1S/C14H20ClN3O/c1-10-5-6-11(8-13(10)15)16-14(19)17-12-4-3-7-18(2)9-12/h5-6,8,12H,3-4,7,9H2,1-2H3,(H2,16,17,19)/t12-/m1/s1. The van der Waals surface area contributed by atoms with Crippen molar-refractivity contribution in [3.63, 3.8) is 0 Å². The van der Waals surface area contributed by atoms with Crippen molar-refractivity contribution in [2.45, 2.75) is 25.8 Å². The number of nitrogens with zero attached hydrogens (tertiary/aromatic N) is 1. The fourth-order valence-electron chi connectivity index (χ4n) is 2.31. The number of anilines is 1. The quantitative estimate of drug-likeness (QED) is 0.875. The summed E-state index contributed by atoms with van der Waals surface area (Å²) in [4.78, 5) is 14.1. The third-order valence-corrected chi connectivity index (χ3v) is 3.80. The van der Waals surface area contributed by atoms with Crippen molar-refractivity contribution in [1.82, 2.24) is 10.2 Å². The fraction of sp³-hybridized carbons (Fsp3) is 0.500. The summed E-state index contributed by atoms with van der Waals surface area (Å²) in [6.45, 7) is 3.94. The highest BCUT2D eigenvalue weighted by molar-refractivity contribution is 6.31. The van der Waals surface area contributed by atoms with Gasteiger partial charge in [-0.15, -0.1) is 0 Å². The number of carbonyl (C=O) groups excluding carboxylic acids is 1. The molecule has 1 saturated heterocycles. The van der Waals surface area contributed by atoms with Crippen LogP contribution in [-0.4, -0.2) is 37.1 Å². The number of aryl methyl sites for hydroxylation is 1. The number of piperidine rings is 1. The molecule has 104 valence electrons. The molecule has 0 bridgehead atoms. The van der Waals surface area contributed by atoms with E-state index in [4.69, 9.17) is 11.6 Å². The summed E-state index contributed by atoms with van der Waals surface area (Å²) in [5.74, 6) is 0. The second-order valence-corrected chi connectivity index (χ2v) is 5.57. The molecule has 2 amide bonds. The number of benzene rings is 1. The van der Waals surface area contributed by atoms with Crippen LogP contribution in [0.5, 0.6) is 0 Å². The van der Waals surface area contributed by atoms with Crippen molar-refractivity contribution >= 4 is 23.3 Å². The van der Waals surface area contributed by atoms with Gasteiger partial charge in [0.1, 0.15) is 0 Å². The molecule has 2 rings (SSSR count). The fourth-order valence-corrected chi connectivity index (χ4v) is 2.49. The molecular formula is C14H20ClN3O. The first kappa shape index (κ1) is 14.2. The number of hydrogen-bond acceptors (Lipinski definition) is 2. The lowest BCUT2D eigenvalue weighted by Gasteiger charge is -2.30. The highest BCUT2D eigenvalue weighted by Crippen LogP contribution is 2.19. The minimum Gasteiger partial charge on any atom is -0.334 e. The van der Waals surface area contributed by atoms with Crippen molar-refractivity contribution in [2.75, 3.05) is 25.5 Å². The number of rotatable bonds is 2. The Morgan fingerprint density at radius 3 is 2.95 bits per heavy atom. The minimum absolute atomic E-state index is 0.166. The van der Waals surface area contributed by atoms with E-state index in [0.717, 1.165) is 37.2 Å². The maximum Gasteiger partial charge on any atom is 0.319 e. The molecule has 0 aromatic heterocycles. The van der Waals surface area contributed by atoms with Gasteiger partial charge in [0, 0.05) is 23.3 Å². The van der Waals surface area contributed by atoms with Gasteiger partial charge in [0.15, 0.2) is 0 Å². The van der Waals surface area contributed by atoms with E-state index < -0.39 is 0 Å². The first-order chi connectivity index (χ1) is 9.04. The highest BCUT2D eigenvalue weighted by Gasteiger charge is 2.18. The summed E-state index contributed by atoms with van der Waals surface area (Å²) >= 11 is 6.03. The van der Waals surface area contributed by atoms with E-state index in [0.29, 0.717) is 5.02 Å². The van der Waals surface area contributed by atoms with Gasteiger partial charge in [0.05, 0.1) is 0 Å². The van der Waals surface area contributed by atoms with Crippen molar-refractivity contribution in [3.8, 4) is 0 Å². The number of nitrogens with one attached hydrogen (secondary N) is 2. The van der Waals surface area contributed by atoms with Crippen molar-refractivity contribution < 1.29 is 4.79 Å². The third-order valence-electron chi connectivity index (χ3n) is 3.39. The van der Waals surface area contributed by atoms with E-state index in [1.54, 1.807) is 6.07 Å². The molecule has 4 nitrogen and oxygen atoms in total. The zero-order valence-corrected chi connectivity index (χ0v) is 12.1. The van der Waals surface area contributed by atoms with Gasteiger partial charge < -0.3 is 15.5 Å². The molecule has 19 heavy (non-hydrogen) atoms. The molecule has 0 spiro atoms. The zero-order valence-electron chi connectivity index (χ0n) is 11.4. The summed E-state index contributed by atoms with van der Waals surface area (Å²) < 4.78 is 0. The Morgan fingerprint density at radius 2 is 2.26 bits per heavy atom. The lowest BCUT2D eigenvalue weighted by Crippen LogP contribution is -2.47. The van der Waals surface area contributed by atoms with Crippen LogP contribution >= 0.6 is 11.6 Å². The molecule has 1 aliphatic heterocycles. The van der Waals surface area contributed by atoms with Crippen LogP contribution < -0.4 is 10.6 Å². The average molecular weight is 282 g/mol. The van der Waals surface area contributed by atoms with Gasteiger partial charge in [0.25, 0.3) is 0 Å². The van der Waals surface area contributed by atoms with E-state index in [1.165, 1.54) is 0 Å². The Labute approximate surface area is 119 Å². The number of hydrogen-bond donors (Lipinski definition) is 2. The van der Waals surface area contributed by atoms with Gasteiger partial charge in [-0.25, -0.2) is 4.79 Å². The Balaban J connectivity index is 1.88. The van der Waals surface area contributed by atoms with Crippen LogP contribution in [0.3, 0.4) is 0 Å². The summed E-state index contributed by atoms with van der Waals surface area (Å²) in [6.07, 6.45) is 2.16. The van der Waals surface area contributed by atoms with Crippen molar-refractivity contribution in [1.29, 1.82) is 0 Å². The number of halogens is 1. The second kappa shape index (κ2) is 6.26. The molecule has 1 fully saturated rings. The predicted octanol–water partition coefficient (Wildman–Crippen LogP) is 2.86. The topological polar surface area (TPSA) is 44.4 Å². The Hall–Kier alpha value is -1.26. The molecule has 1 heterocycles. The van der Waals surface area contributed by atoms with Crippen LogP contribution in [0.2, 0.25) is 5.02 Å². The van der Waals surface area contributed by atoms with E-state index >= 15 is 0 Å². The number of carbonyl (C=O) groups is 1. The summed E-state index contributed by atoms with van der Waals surface area (Å²) in [7, 11) is 2.07. The maximum absolute atomic E-state index is 11.9. The molecule has 0 aliphatic carbocycles. The lowest BCUT2D eigenvalue weighted by atomic mass is 10.1. The number of amides is 2. The van der Waals surface area contributed by atoms with Gasteiger partial charge in [0.2, 0.25) is 0 Å². The van der Waals surface area contributed by atoms with Gasteiger partial charge in [-0.2, -0.15) is 0 Å². The normalized spacial score (nSPS) is 20.1. The lowest BCUT2D eigenvalue weighted by molar-refractivity contribution is 0.216. The molecule has 0 radical (unpaired) electrons. The monoisotopic (exact) mass is 281 g/mol. The SMILES string of the molecule is Cc1ccc(NC(=O)N[C@@H]2CCCN(C)C2)cc1Cl. The third kappa shape index (κ3) is 4.11. The zero-order chi connectivity index (χ0) is 13.8. The van der Waals surface area contributed by atoms with Crippen LogP contribution in [0.1, 0.15) is 18.4 Å². The second-order valence-electron chi connectivity index (χ2n) is 5.16. The van der Waals surface area contributed by atoms with Crippen LogP contribution in [0.4, 0.5) is 10.5 Å². The highest BCUT2D eigenvalue weighted by atomic mass is 35.5. The average Bonchev–Trinajstić information content (AvgIpc) is 2.34. The van der Waals surface area contributed by atoms with E-state index in [-0.39, 0.29) is 12.1 Å².